The molecule has 0 aliphatic rings. The van der Waals surface area contributed by atoms with E-state index in [9.17, 15) is 4.79 Å². The number of fused-ring (bicyclic) bond motifs is 1. The molecule has 4 heteroatoms. The fourth-order valence-corrected chi connectivity index (χ4v) is 2.68. The van der Waals surface area contributed by atoms with Crippen molar-refractivity contribution in [1.29, 1.82) is 0 Å². The predicted octanol–water partition coefficient (Wildman–Crippen LogP) is 4.77. The summed E-state index contributed by atoms with van der Waals surface area (Å²) in [5.74, 6) is -0.118. The third-order valence-corrected chi connectivity index (χ3v) is 3.49. The average molecular weight is 302 g/mol. The van der Waals surface area contributed by atoms with Crippen LogP contribution in [0.2, 0.25) is 10.0 Å². The Morgan fingerprint density at radius 1 is 1.00 bits per heavy atom. The largest absolute Gasteiger partial charge is 0.289 e. The number of rotatable bonds is 2. The van der Waals surface area contributed by atoms with E-state index in [-0.39, 0.29) is 5.78 Å². The van der Waals surface area contributed by atoms with Crippen LogP contribution in [0.15, 0.2) is 54.9 Å². The molecule has 0 amide bonds. The predicted molar refractivity (Wildman–Crippen MR) is 81.6 cm³/mol. The summed E-state index contributed by atoms with van der Waals surface area (Å²) in [4.78, 5) is 16.7. The maximum absolute atomic E-state index is 12.6. The standard InChI is InChI=1S/C16H9Cl2NO/c17-12-6-11(7-13(18)8-12)16(20)14-3-1-2-10-4-5-19-9-15(10)14/h1-9H. The molecule has 0 bridgehead atoms. The van der Waals surface area contributed by atoms with E-state index < -0.39 is 0 Å². The van der Waals surface area contributed by atoms with Crippen molar-refractivity contribution in [2.45, 2.75) is 0 Å². The van der Waals surface area contributed by atoms with Gasteiger partial charge in [0.25, 0.3) is 0 Å². The molecule has 98 valence electrons. The first-order valence-electron chi connectivity index (χ1n) is 5.99. The summed E-state index contributed by atoms with van der Waals surface area (Å²) in [5.41, 5.74) is 1.06. The van der Waals surface area contributed by atoms with E-state index >= 15 is 0 Å². The maximum atomic E-state index is 12.6. The van der Waals surface area contributed by atoms with Gasteiger partial charge in [0, 0.05) is 39.0 Å². The fourth-order valence-electron chi connectivity index (χ4n) is 2.15. The zero-order chi connectivity index (χ0) is 14.1. The number of halogens is 2. The van der Waals surface area contributed by atoms with Crippen molar-refractivity contribution in [3.05, 3.63) is 76.0 Å². The molecular weight excluding hydrogens is 293 g/mol. The van der Waals surface area contributed by atoms with Gasteiger partial charge >= 0.3 is 0 Å². The zero-order valence-electron chi connectivity index (χ0n) is 10.3. The molecule has 0 fully saturated rings. The molecule has 3 aromatic rings. The fraction of sp³-hybridized carbons (Fsp3) is 0. The molecule has 2 nitrogen and oxygen atoms in total. The molecule has 0 aliphatic carbocycles. The summed E-state index contributed by atoms with van der Waals surface area (Å²) in [7, 11) is 0. The molecular formula is C16H9Cl2NO. The van der Waals surface area contributed by atoms with Gasteiger partial charge in [-0.3, -0.25) is 9.78 Å². The van der Waals surface area contributed by atoms with Gasteiger partial charge in [-0.25, -0.2) is 0 Å². The van der Waals surface area contributed by atoms with Gasteiger partial charge in [-0.05, 0) is 29.7 Å². The maximum Gasteiger partial charge on any atom is 0.193 e. The van der Waals surface area contributed by atoms with Gasteiger partial charge in [0.1, 0.15) is 0 Å². The highest BCUT2D eigenvalue weighted by atomic mass is 35.5. The van der Waals surface area contributed by atoms with Crippen LogP contribution in [0, 0.1) is 0 Å². The summed E-state index contributed by atoms with van der Waals surface area (Å²) in [6.45, 7) is 0. The van der Waals surface area contributed by atoms with Crippen molar-refractivity contribution in [3.8, 4) is 0 Å². The summed E-state index contributed by atoms with van der Waals surface area (Å²) in [6, 6.07) is 12.3. The van der Waals surface area contributed by atoms with Gasteiger partial charge in [0.2, 0.25) is 0 Å². The van der Waals surface area contributed by atoms with Crippen LogP contribution in [-0.4, -0.2) is 10.8 Å². The van der Waals surface area contributed by atoms with E-state index in [0.717, 1.165) is 10.8 Å². The highest BCUT2D eigenvalue weighted by molar-refractivity contribution is 6.35. The number of pyridine rings is 1. The molecule has 0 unspecified atom stereocenters. The monoisotopic (exact) mass is 301 g/mol. The van der Waals surface area contributed by atoms with E-state index in [1.807, 2.05) is 18.2 Å². The Hall–Kier alpha value is -1.90. The van der Waals surface area contributed by atoms with Gasteiger partial charge in [-0.1, -0.05) is 41.4 Å². The van der Waals surface area contributed by atoms with E-state index in [2.05, 4.69) is 4.98 Å². The molecule has 3 rings (SSSR count). The normalized spacial score (nSPS) is 10.7. The quantitative estimate of drug-likeness (QED) is 0.638. The van der Waals surface area contributed by atoms with Gasteiger partial charge in [-0.15, -0.1) is 0 Å². The minimum absolute atomic E-state index is 0.118. The molecule has 0 N–H and O–H groups in total. The van der Waals surface area contributed by atoms with E-state index in [4.69, 9.17) is 23.2 Å². The number of ketones is 1. The van der Waals surface area contributed by atoms with Crippen LogP contribution < -0.4 is 0 Å². The second-order valence-electron chi connectivity index (χ2n) is 4.39. The zero-order valence-corrected chi connectivity index (χ0v) is 11.8. The van der Waals surface area contributed by atoms with Crippen LogP contribution in [-0.2, 0) is 0 Å². The SMILES string of the molecule is O=C(c1cc(Cl)cc(Cl)c1)c1cccc2ccncc12. The van der Waals surface area contributed by atoms with Crippen molar-refractivity contribution in [1.82, 2.24) is 4.98 Å². The molecule has 1 aromatic heterocycles. The minimum atomic E-state index is -0.118. The van der Waals surface area contributed by atoms with Crippen molar-refractivity contribution >= 4 is 39.8 Å². The highest BCUT2D eigenvalue weighted by Crippen LogP contribution is 2.24. The van der Waals surface area contributed by atoms with Crippen LogP contribution in [0.25, 0.3) is 10.8 Å². The molecule has 0 aliphatic heterocycles. The summed E-state index contributed by atoms with van der Waals surface area (Å²) in [6.07, 6.45) is 3.39. The van der Waals surface area contributed by atoms with Gasteiger partial charge in [0.15, 0.2) is 5.78 Å². The summed E-state index contributed by atoms with van der Waals surface area (Å²) in [5, 5.41) is 2.67. The van der Waals surface area contributed by atoms with E-state index in [1.165, 1.54) is 0 Å². The average Bonchev–Trinajstić information content (AvgIpc) is 2.45. The number of carbonyl (C=O) groups is 1. The smallest absolute Gasteiger partial charge is 0.193 e. The Morgan fingerprint density at radius 2 is 1.75 bits per heavy atom. The molecule has 0 saturated heterocycles. The topological polar surface area (TPSA) is 30.0 Å². The molecule has 20 heavy (non-hydrogen) atoms. The second-order valence-corrected chi connectivity index (χ2v) is 5.26. The lowest BCUT2D eigenvalue weighted by molar-refractivity contribution is 0.104. The lowest BCUT2D eigenvalue weighted by Crippen LogP contribution is -2.02. The van der Waals surface area contributed by atoms with Gasteiger partial charge < -0.3 is 0 Å². The van der Waals surface area contributed by atoms with Crippen molar-refractivity contribution in [2.75, 3.05) is 0 Å². The molecule has 1 heterocycles. The summed E-state index contributed by atoms with van der Waals surface area (Å²) < 4.78 is 0. The number of carbonyl (C=O) groups excluding carboxylic acids is 1. The number of hydrogen-bond donors (Lipinski definition) is 0. The van der Waals surface area contributed by atoms with Crippen molar-refractivity contribution in [3.63, 3.8) is 0 Å². The molecule has 0 spiro atoms. The lowest BCUT2D eigenvalue weighted by atomic mass is 9.98. The summed E-state index contributed by atoms with van der Waals surface area (Å²) >= 11 is 11.9. The molecule has 2 aromatic carbocycles. The third-order valence-electron chi connectivity index (χ3n) is 3.05. The van der Waals surface area contributed by atoms with Crippen LogP contribution in [0.3, 0.4) is 0 Å². The molecule has 0 radical (unpaired) electrons. The highest BCUT2D eigenvalue weighted by Gasteiger charge is 2.13. The number of benzene rings is 2. The minimum Gasteiger partial charge on any atom is -0.289 e. The molecule has 0 atom stereocenters. The first-order valence-corrected chi connectivity index (χ1v) is 6.74. The molecule has 0 saturated carbocycles. The first-order chi connectivity index (χ1) is 9.65. The van der Waals surface area contributed by atoms with Crippen LogP contribution in [0.4, 0.5) is 0 Å². The lowest BCUT2D eigenvalue weighted by Gasteiger charge is -2.06. The Bertz CT molecular complexity index is 789. The van der Waals surface area contributed by atoms with E-state index in [0.29, 0.717) is 21.2 Å². The Morgan fingerprint density at radius 3 is 2.50 bits per heavy atom. The Labute approximate surface area is 126 Å². The van der Waals surface area contributed by atoms with Crippen LogP contribution in [0.1, 0.15) is 15.9 Å². The van der Waals surface area contributed by atoms with Crippen LogP contribution in [0.5, 0.6) is 0 Å². The van der Waals surface area contributed by atoms with Crippen molar-refractivity contribution in [2.24, 2.45) is 0 Å². The Balaban J connectivity index is 2.17. The number of hydrogen-bond acceptors (Lipinski definition) is 2. The number of aromatic nitrogens is 1. The van der Waals surface area contributed by atoms with E-state index in [1.54, 1.807) is 36.7 Å². The Kier molecular flexibility index (Phi) is 3.43. The number of nitrogens with zero attached hydrogens (tertiary/aromatic N) is 1. The van der Waals surface area contributed by atoms with Gasteiger partial charge in [-0.2, -0.15) is 0 Å². The van der Waals surface area contributed by atoms with Crippen molar-refractivity contribution < 1.29 is 4.79 Å². The third kappa shape index (κ3) is 2.40. The van der Waals surface area contributed by atoms with Crippen LogP contribution >= 0.6 is 23.2 Å². The van der Waals surface area contributed by atoms with Gasteiger partial charge in [0.05, 0.1) is 0 Å². The second kappa shape index (κ2) is 5.23. The first kappa shape index (κ1) is 13.1.